The van der Waals surface area contributed by atoms with Gasteiger partial charge in [0.15, 0.2) is 5.69 Å². The van der Waals surface area contributed by atoms with Crippen molar-refractivity contribution in [3.8, 4) is 6.07 Å². The second-order valence-corrected chi connectivity index (χ2v) is 4.91. The number of nitrogens with zero attached hydrogens (tertiary/aromatic N) is 4. The van der Waals surface area contributed by atoms with Gasteiger partial charge in [-0.1, -0.05) is 18.2 Å². The van der Waals surface area contributed by atoms with Gasteiger partial charge in [-0.05, 0) is 19.4 Å². The molecule has 5 heteroatoms. The summed E-state index contributed by atoms with van der Waals surface area (Å²) in [5.74, 6) is 0. The van der Waals surface area contributed by atoms with Crippen LogP contribution in [-0.4, -0.2) is 28.8 Å². The lowest BCUT2D eigenvalue weighted by Gasteiger charge is -2.26. The first-order valence-electron chi connectivity index (χ1n) is 6.40. The molecule has 0 saturated carbocycles. The molecular formula is C14H15N5. The molecule has 1 fully saturated rings. The molecule has 2 aromatic rings. The molecule has 19 heavy (non-hydrogen) atoms. The third kappa shape index (κ3) is 1.81. The minimum absolute atomic E-state index is 0.137. The Kier molecular flexibility index (Phi) is 2.80. The van der Waals surface area contributed by atoms with Crippen LogP contribution in [0.5, 0.6) is 0 Å². The van der Waals surface area contributed by atoms with Crippen LogP contribution < -0.4 is 10.6 Å². The molecule has 0 bridgehead atoms. The van der Waals surface area contributed by atoms with E-state index in [0.717, 1.165) is 29.6 Å². The summed E-state index contributed by atoms with van der Waals surface area (Å²) in [5.41, 5.74) is 8.13. The summed E-state index contributed by atoms with van der Waals surface area (Å²) in [5, 5.41) is 18.4. The first kappa shape index (κ1) is 11.9. The molecule has 2 unspecified atom stereocenters. The van der Waals surface area contributed by atoms with Gasteiger partial charge in [0.25, 0.3) is 0 Å². The molecule has 1 aliphatic heterocycles. The maximum absolute atomic E-state index is 9.28. The fourth-order valence-electron chi connectivity index (χ4n) is 2.69. The lowest BCUT2D eigenvalue weighted by atomic mass is 10.1. The smallest absolute Gasteiger partial charge is 0.187 e. The minimum atomic E-state index is 0.137. The van der Waals surface area contributed by atoms with Crippen molar-refractivity contribution in [2.45, 2.75) is 25.4 Å². The van der Waals surface area contributed by atoms with Gasteiger partial charge in [0.05, 0.1) is 11.2 Å². The van der Waals surface area contributed by atoms with Gasteiger partial charge in [0.1, 0.15) is 6.07 Å². The minimum Gasteiger partial charge on any atom is -0.364 e. The van der Waals surface area contributed by atoms with Crippen LogP contribution in [0.15, 0.2) is 24.3 Å². The highest BCUT2D eigenvalue weighted by molar-refractivity contribution is 5.93. The molecule has 1 aromatic heterocycles. The molecule has 1 aromatic carbocycles. The zero-order valence-electron chi connectivity index (χ0n) is 10.7. The molecule has 1 saturated heterocycles. The van der Waals surface area contributed by atoms with Crippen LogP contribution in [0.25, 0.3) is 10.9 Å². The molecule has 0 aliphatic carbocycles. The monoisotopic (exact) mass is 253 g/mol. The van der Waals surface area contributed by atoms with E-state index in [-0.39, 0.29) is 12.1 Å². The van der Waals surface area contributed by atoms with Gasteiger partial charge >= 0.3 is 0 Å². The van der Waals surface area contributed by atoms with E-state index in [2.05, 4.69) is 28.1 Å². The maximum atomic E-state index is 9.28. The van der Waals surface area contributed by atoms with Crippen molar-refractivity contribution in [1.82, 2.24) is 10.2 Å². The normalized spacial score (nSPS) is 22.7. The van der Waals surface area contributed by atoms with Crippen molar-refractivity contribution in [2.75, 3.05) is 11.4 Å². The highest BCUT2D eigenvalue weighted by Crippen LogP contribution is 2.32. The average Bonchev–Trinajstić information content (AvgIpc) is 2.77. The Morgan fingerprint density at radius 3 is 2.84 bits per heavy atom. The summed E-state index contributed by atoms with van der Waals surface area (Å²) in [6, 6.07) is 10.3. The highest BCUT2D eigenvalue weighted by atomic mass is 15.2. The van der Waals surface area contributed by atoms with Gasteiger partial charge in [0.2, 0.25) is 0 Å². The summed E-state index contributed by atoms with van der Waals surface area (Å²) >= 11 is 0. The van der Waals surface area contributed by atoms with Gasteiger partial charge in [-0.15, -0.1) is 10.2 Å². The van der Waals surface area contributed by atoms with Crippen LogP contribution in [0, 0.1) is 11.3 Å². The van der Waals surface area contributed by atoms with Crippen LogP contribution in [0.2, 0.25) is 0 Å². The third-order valence-electron chi connectivity index (χ3n) is 3.85. The molecule has 0 spiro atoms. The molecule has 96 valence electrons. The average molecular weight is 253 g/mol. The molecule has 0 radical (unpaired) electrons. The van der Waals surface area contributed by atoms with Crippen molar-refractivity contribution in [3.05, 3.63) is 30.0 Å². The standard InChI is InChI=1S/C14H15N5/c1-9-11(16)6-7-19(9)14-10-4-2-3-5-12(10)17-18-13(14)8-15/h2-5,9,11H,6-7,16H2,1H3. The Morgan fingerprint density at radius 2 is 2.16 bits per heavy atom. The number of anilines is 1. The summed E-state index contributed by atoms with van der Waals surface area (Å²) in [4.78, 5) is 2.18. The van der Waals surface area contributed by atoms with Crippen LogP contribution in [0.4, 0.5) is 5.69 Å². The Hall–Kier alpha value is -2.19. The lowest BCUT2D eigenvalue weighted by molar-refractivity contribution is 0.624. The summed E-state index contributed by atoms with van der Waals surface area (Å²) in [7, 11) is 0. The topological polar surface area (TPSA) is 78.8 Å². The van der Waals surface area contributed by atoms with E-state index in [1.807, 2.05) is 24.3 Å². The lowest BCUT2D eigenvalue weighted by Crippen LogP contribution is -2.37. The number of aromatic nitrogens is 2. The molecule has 3 rings (SSSR count). The van der Waals surface area contributed by atoms with Gasteiger partial charge < -0.3 is 10.6 Å². The van der Waals surface area contributed by atoms with Crippen molar-refractivity contribution in [3.63, 3.8) is 0 Å². The Labute approximate surface area is 111 Å². The number of hydrogen-bond donors (Lipinski definition) is 1. The molecule has 0 amide bonds. The first-order chi connectivity index (χ1) is 9.22. The summed E-state index contributed by atoms with van der Waals surface area (Å²) < 4.78 is 0. The van der Waals surface area contributed by atoms with Crippen molar-refractivity contribution in [1.29, 1.82) is 5.26 Å². The van der Waals surface area contributed by atoms with E-state index in [1.54, 1.807) is 0 Å². The van der Waals surface area contributed by atoms with Crippen molar-refractivity contribution >= 4 is 16.6 Å². The number of hydrogen-bond acceptors (Lipinski definition) is 5. The predicted molar refractivity (Wildman–Crippen MR) is 73.7 cm³/mol. The zero-order valence-corrected chi connectivity index (χ0v) is 10.7. The molecule has 1 aliphatic rings. The molecule has 2 heterocycles. The van der Waals surface area contributed by atoms with Gasteiger partial charge in [-0.3, -0.25) is 0 Å². The fourth-order valence-corrected chi connectivity index (χ4v) is 2.69. The van der Waals surface area contributed by atoms with Crippen molar-refractivity contribution in [2.24, 2.45) is 5.73 Å². The molecular weight excluding hydrogens is 238 g/mol. The van der Waals surface area contributed by atoms with E-state index >= 15 is 0 Å². The van der Waals surface area contributed by atoms with E-state index in [1.165, 1.54) is 0 Å². The fraction of sp³-hybridized carbons (Fsp3) is 0.357. The molecule has 2 N–H and O–H groups in total. The van der Waals surface area contributed by atoms with Crippen molar-refractivity contribution < 1.29 is 0 Å². The predicted octanol–water partition coefficient (Wildman–Crippen LogP) is 1.43. The SMILES string of the molecule is CC1C(N)CCN1c1c(C#N)nnc2ccccc12. The number of nitriles is 1. The molecule has 5 nitrogen and oxygen atoms in total. The second-order valence-electron chi connectivity index (χ2n) is 4.91. The highest BCUT2D eigenvalue weighted by Gasteiger charge is 2.31. The zero-order chi connectivity index (χ0) is 13.4. The first-order valence-corrected chi connectivity index (χ1v) is 6.40. The Morgan fingerprint density at radius 1 is 1.37 bits per heavy atom. The largest absolute Gasteiger partial charge is 0.364 e. The van der Waals surface area contributed by atoms with E-state index < -0.39 is 0 Å². The summed E-state index contributed by atoms with van der Waals surface area (Å²) in [6.07, 6.45) is 0.933. The van der Waals surface area contributed by atoms with Crippen LogP contribution in [0.1, 0.15) is 19.0 Å². The van der Waals surface area contributed by atoms with E-state index in [4.69, 9.17) is 5.73 Å². The van der Waals surface area contributed by atoms with Gasteiger partial charge in [-0.2, -0.15) is 5.26 Å². The maximum Gasteiger partial charge on any atom is 0.187 e. The second kappa shape index (κ2) is 4.48. The van der Waals surface area contributed by atoms with Gasteiger partial charge in [-0.25, -0.2) is 0 Å². The number of nitrogens with two attached hydrogens (primary N) is 1. The van der Waals surface area contributed by atoms with Crippen LogP contribution >= 0.6 is 0 Å². The van der Waals surface area contributed by atoms with Crippen LogP contribution in [-0.2, 0) is 0 Å². The quantitative estimate of drug-likeness (QED) is 0.831. The third-order valence-corrected chi connectivity index (χ3v) is 3.85. The van der Waals surface area contributed by atoms with Crippen LogP contribution in [0.3, 0.4) is 0 Å². The number of rotatable bonds is 1. The van der Waals surface area contributed by atoms with E-state index in [0.29, 0.717) is 5.69 Å². The Balaban J connectivity index is 2.24. The number of fused-ring (bicyclic) bond motifs is 1. The summed E-state index contributed by atoms with van der Waals surface area (Å²) in [6.45, 7) is 2.95. The molecule has 2 atom stereocenters. The van der Waals surface area contributed by atoms with E-state index in [9.17, 15) is 5.26 Å². The number of benzene rings is 1. The Bertz CT molecular complexity index is 660. The van der Waals surface area contributed by atoms with Gasteiger partial charge in [0, 0.05) is 24.0 Å².